The number of aromatic amines is 1. The van der Waals surface area contributed by atoms with Crippen LogP contribution in [0, 0.1) is 0 Å². The summed E-state index contributed by atoms with van der Waals surface area (Å²) in [6.45, 7) is 0. The van der Waals surface area contributed by atoms with Crippen molar-refractivity contribution in [2.24, 2.45) is 0 Å². The average Bonchev–Trinajstić information content (AvgIpc) is 2.76. The van der Waals surface area contributed by atoms with Gasteiger partial charge in [-0.25, -0.2) is 4.79 Å². The monoisotopic (exact) mass is 297 g/mol. The minimum absolute atomic E-state index is 0.0702. The topological polar surface area (TPSA) is 98.8 Å². The number of nitrogens with one attached hydrogen (secondary N) is 1. The van der Waals surface area contributed by atoms with Crippen molar-refractivity contribution in [3.05, 3.63) is 15.6 Å². The molecular weight excluding hydrogens is 282 g/mol. The van der Waals surface area contributed by atoms with Gasteiger partial charge in [0.25, 0.3) is 0 Å². The Morgan fingerprint density at radius 2 is 2.05 bits per heavy atom. The first kappa shape index (κ1) is 13.4. The fourth-order valence-electron chi connectivity index (χ4n) is 2.86. The average molecular weight is 298 g/mol. The smallest absolute Gasteiger partial charge is 0.328 e. The summed E-state index contributed by atoms with van der Waals surface area (Å²) in [5, 5.41) is 0.175. The molecule has 0 spiro atoms. The van der Waals surface area contributed by atoms with Gasteiger partial charge in [-0.3, -0.25) is 4.57 Å². The normalized spacial score (nSPS) is 23.3. The summed E-state index contributed by atoms with van der Waals surface area (Å²) in [5.41, 5.74) is 6.32. The molecular formula is C12H16ClN5O2. The third-order valence-electron chi connectivity index (χ3n) is 3.88. The van der Waals surface area contributed by atoms with E-state index in [1.54, 1.807) is 11.7 Å². The molecule has 1 saturated carbocycles. The molecule has 3 rings (SSSR count). The summed E-state index contributed by atoms with van der Waals surface area (Å²) in [5.74, 6) is 0.0702. The molecule has 0 saturated heterocycles. The minimum Gasteiger partial charge on any atom is -0.381 e. The summed E-state index contributed by atoms with van der Waals surface area (Å²) >= 11 is 6.00. The number of anilines is 1. The zero-order valence-electron chi connectivity index (χ0n) is 11.1. The zero-order chi connectivity index (χ0) is 14.3. The minimum atomic E-state index is -0.220. The third-order valence-corrected chi connectivity index (χ3v) is 4.16. The highest BCUT2D eigenvalue weighted by atomic mass is 35.5. The second-order valence-electron chi connectivity index (χ2n) is 5.04. The van der Waals surface area contributed by atoms with Crippen molar-refractivity contribution in [1.82, 2.24) is 19.5 Å². The summed E-state index contributed by atoms with van der Waals surface area (Å²) in [6.07, 6.45) is 3.86. The van der Waals surface area contributed by atoms with Gasteiger partial charge >= 0.3 is 5.69 Å². The van der Waals surface area contributed by atoms with E-state index in [0.717, 1.165) is 25.7 Å². The Hall–Kier alpha value is -1.60. The summed E-state index contributed by atoms with van der Waals surface area (Å²) in [6, 6.07) is 0.0908. The van der Waals surface area contributed by atoms with Gasteiger partial charge in [0.1, 0.15) is 5.52 Å². The van der Waals surface area contributed by atoms with Crippen molar-refractivity contribution < 1.29 is 4.74 Å². The largest absolute Gasteiger partial charge is 0.381 e. The fraction of sp³-hybridized carbons (Fsp3) is 0.583. The Balaban J connectivity index is 2.04. The number of fused-ring (bicyclic) bond motifs is 1. The van der Waals surface area contributed by atoms with Gasteiger partial charge < -0.3 is 15.5 Å². The lowest BCUT2D eigenvalue weighted by atomic mass is 9.93. The first-order valence-corrected chi connectivity index (χ1v) is 6.94. The summed E-state index contributed by atoms with van der Waals surface area (Å²) in [4.78, 5) is 22.9. The van der Waals surface area contributed by atoms with Crippen LogP contribution >= 0.6 is 11.6 Å². The number of rotatable bonds is 2. The number of halogens is 1. The van der Waals surface area contributed by atoms with Crippen molar-refractivity contribution in [2.75, 3.05) is 12.8 Å². The third kappa shape index (κ3) is 2.16. The molecule has 0 aromatic carbocycles. The molecule has 20 heavy (non-hydrogen) atoms. The lowest BCUT2D eigenvalue weighted by Crippen LogP contribution is -2.28. The quantitative estimate of drug-likeness (QED) is 0.818. The molecule has 0 radical (unpaired) electrons. The van der Waals surface area contributed by atoms with Crippen LogP contribution in [0.1, 0.15) is 31.7 Å². The van der Waals surface area contributed by atoms with Crippen LogP contribution in [0.25, 0.3) is 11.2 Å². The van der Waals surface area contributed by atoms with Crippen molar-refractivity contribution in [3.63, 3.8) is 0 Å². The van der Waals surface area contributed by atoms with Crippen molar-refractivity contribution >= 4 is 28.7 Å². The van der Waals surface area contributed by atoms with E-state index in [1.165, 1.54) is 0 Å². The molecule has 2 heterocycles. The first-order chi connectivity index (χ1) is 9.60. The summed E-state index contributed by atoms with van der Waals surface area (Å²) in [7, 11) is 1.72. The number of nitrogen functional groups attached to an aromatic ring is 1. The second-order valence-corrected chi connectivity index (χ2v) is 5.40. The van der Waals surface area contributed by atoms with E-state index in [2.05, 4.69) is 15.0 Å². The van der Waals surface area contributed by atoms with Gasteiger partial charge in [0, 0.05) is 13.2 Å². The van der Waals surface area contributed by atoms with E-state index in [0.29, 0.717) is 11.2 Å². The number of nitrogens with two attached hydrogens (primary N) is 1. The Morgan fingerprint density at radius 1 is 1.35 bits per heavy atom. The van der Waals surface area contributed by atoms with E-state index < -0.39 is 0 Å². The Morgan fingerprint density at radius 3 is 2.70 bits per heavy atom. The molecule has 3 N–H and O–H groups in total. The molecule has 0 aliphatic heterocycles. The zero-order valence-corrected chi connectivity index (χ0v) is 11.9. The molecule has 1 aliphatic rings. The van der Waals surface area contributed by atoms with Crippen LogP contribution in [0.4, 0.5) is 5.95 Å². The van der Waals surface area contributed by atoms with E-state index in [4.69, 9.17) is 22.1 Å². The predicted molar refractivity (Wildman–Crippen MR) is 75.9 cm³/mol. The molecule has 2 aromatic rings. The van der Waals surface area contributed by atoms with Crippen molar-refractivity contribution in [2.45, 2.75) is 37.8 Å². The number of H-pyrrole nitrogens is 1. The highest BCUT2D eigenvalue weighted by Gasteiger charge is 2.26. The SMILES string of the molecule is CO[C@H]1CC[C@H](n2c(=O)[nH]c3c(Cl)nc(N)nc32)CC1. The highest BCUT2D eigenvalue weighted by Crippen LogP contribution is 2.31. The summed E-state index contributed by atoms with van der Waals surface area (Å²) < 4.78 is 6.99. The van der Waals surface area contributed by atoms with Crippen LogP contribution in [-0.2, 0) is 4.74 Å². The van der Waals surface area contributed by atoms with Crippen molar-refractivity contribution in [3.8, 4) is 0 Å². The van der Waals surface area contributed by atoms with Gasteiger partial charge in [0.05, 0.1) is 6.10 Å². The standard InChI is InChI=1S/C12H16ClN5O2/c1-20-7-4-2-6(3-5-7)18-10-8(15-12(18)19)9(13)16-11(14)17-10/h6-7H,2-5H2,1H3,(H,15,19)(H2,14,16,17)/t6-,7-. The molecule has 0 bridgehead atoms. The fourth-order valence-corrected chi connectivity index (χ4v) is 3.08. The van der Waals surface area contributed by atoms with E-state index >= 15 is 0 Å². The van der Waals surface area contributed by atoms with E-state index in [1.807, 2.05) is 0 Å². The Labute approximate surface area is 120 Å². The number of ether oxygens (including phenoxy) is 1. The number of methoxy groups -OCH3 is 1. The maximum absolute atomic E-state index is 12.2. The number of hydrogen-bond donors (Lipinski definition) is 2. The molecule has 2 aromatic heterocycles. The first-order valence-electron chi connectivity index (χ1n) is 6.56. The maximum atomic E-state index is 12.2. The number of nitrogens with zero attached hydrogens (tertiary/aromatic N) is 3. The van der Waals surface area contributed by atoms with Crippen LogP contribution < -0.4 is 11.4 Å². The Bertz CT molecular complexity index is 687. The molecule has 0 atom stereocenters. The number of imidazole rings is 1. The van der Waals surface area contributed by atoms with Gasteiger partial charge in [0.2, 0.25) is 5.95 Å². The second kappa shape index (κ2) is 5.06. The maximum Gasteiger partial charge on any atom is 0.328 e. The van der Waals surface area contributed by atoms with Gasteiger partial charge in [-0.2, -0.15) is 9.97 Å². The molecule has 1 aliphatic carbocycles. The Kier molecular flexibility index (Phi) is 3.39. The van der Waals surface area contributed by atoms with Gasteiger partial charge in [-0.15, -0.1) is 0 Å². The predicted octanol–water partition coefficient (Wildman–Crippen LogP) is 1.49. The van der Waals surface area contributed by atoms with E-state index in [9.17, 15) is 4.79 Å². The number of aromatic nitrogens is 4. The van der Waals surface area contributed by atoms with Gasteiger partial charge in [-0.1, -0.05) is 11.6 Å². The van der Waals surface area contributed by atoms with Crippen LogP contribution in [-0.4, -0.2) is 32.7 Å². The van der Waals surface area contributed by atoms with Crippen LogP contribution in [0.5, 0.6) is 0 Å². The van der Waals surface area contributed by atoms with Gasteiger partial charge in [-0.05, 0) is 25.7 Å². The molecule has 0 unspecified atom stereocenters. The van der Waals surface area contributed by atoms with Gasteiger partial charge in [0.15, 0.2) is 10.8 Å². The number of hydrogen-bond acceptors (Lipinski definition) is 5. The lowest BCUT2D eigenvalue weighted by molar-refractivity contribution is 0.0585. The molecule has 0 amide bonds. The molecule has 1 fully saturated rings. The molecule has 8 heteroatoms. The lowest BCUT2D eigenvalue weighted by Gasteiger charge is -2.28. The molecule has 7 nitrogen and oxygen atoms in total. The van der Waals surface area contributed by atoms with Crippen LogP contribution in [0.2, 0.25) is 5.15 Å². The van der Waals surface area contributed by atoms with Crippen molar-refractivity contribution in [1.29, 1.82) is 0 Å². The van der Waals surface area contributed by atoms with Crippen LogP contribution in [0.3, 0.4) is 0 Å². The molecule has 108 valence electrons. The van der Waals surface area contributed by atoms with Crippen LogP contribution in [0.15, 0.2) is 4.79 Å². The van der Waals surface area contributed by atoms with E-state index in [-0.39, 0.29) is 28.9 Å². The highest BCUT2D eigenvalue weighted by molar-refractivity contribution is 6.33.